The van der Waals surface area contributed by atoms with Gasteiger partial charge in [-0.25, -0.2) is 8.98 Å². The Bertz CT molecular complexity index is 339. The van der Waals surface area contributed by atoms with Crippen LogP contribution in [0.3, 0.4) is 0 Å². The third kappa shape index (κ3) is 3.86. The van der Waals surface area contributed by atoms with E-state index in [1.165, 1.54) is 6.92 Å². The van der Waals surface area contributed by atoms with Gasteiger partial charge in [-0.15, -0.1) is 0 Å². The zero-order chi connectivity index (χ0) is 10.8. The van der Waals surface area contributed by atoms with E-state index in [2.05, 4.69) is 14.9 Å². The van der Waals surface area contributed by atoms with Crippen molar-refractivity contribution in [3.8, 4) is 0 Å². The lowest BCUT2D eigenvalue weighted by Gasteiger charge is -2.03. The van der Waals surface area contributed by atoms with E-state index in [1.807, 2.05) is 0 Å². The topological polar surface area (TPSA) is 82.2 Å². The SMILES string of the molecule is C=C(C)C(=O)OS(=O)(=O)OCC1CO1. The smallest absolute Gasteiger partial charge is 0.371 e. The summed E-state index contributed by atoms with van der Waals surface area (Å²) in [7, 11) is -4.27. The molecule has 0 saturated carbocycles. The lowest BCUT2D eigenvalue weighted by atomic mass is 10.4. The van der Waals surface area contributed by atoms with Crippen molar-refractivity contribution in [3.63, 3.8) is 0 Å². The van der Waals surface area contributed by atoms with Crippen LogP contribution in [0, 0.1) is 0 Å². The van der Waals surface area contributed by atoms with E-state index in [1.54, 1.807) is 0 Å². The number of epoxide rings is 1. The molecule has 1 atom stereocenters. The highest BCUT2D eigenvalue weighted by Gasteiger charge is 2.27. The van der Waals surface area contributed by atoms with Gasteiger partial charge in [-0.3, -0.25) is 0 Å². The summed E-state index contributed by atoms with van der Waals surface area (Å²) in [5, 5.41) is 0. The quantitative estimate of drug-likeness (QED) is 0.472. The summed E-state index contributed by atoms with van der Waals surface area (Å²) < 4.78 is 34.9. The van der Waals surface area contributed by atoms with Crippen LogP contribution in [-0.4, -0.2) is 33.7 Å². The zero-order valence-corrected chi connectivity index (χ0v) is 8.37. The predicted molar refractivity (Wildman–Crippen MR) is 45.5 cm³/mol. The van der Waals surface area contributed by atoms with Crippen LogP contribution >= 0.6 is 0 Å². The van der Waals surface area contributed by atoms with E-state index in [4.69, 9.17) is 4.74 Å². The van der Waals surface area contributed by atoms with Gasteiger partial charge in [0.25, 0.3) is 0 Å². The molecule has 1 aliphatic heterocycles. The van der Waals surface area contributed by atoms with Crippen LogP contribution in [0.5, 0.6) is 0 Å². The molecule has 1 heterocycles. The summed E-state index contributed by atoms with van der Waals surface area (Å²) in [6, 6.07) is 0. The highest BCUT2D eigenvalue weighted by molar-refractivity contribution is 7.82. The Balaban J connectivity index is 2.39. The molecule has 1 aliphatic rings. The van der Waals surface area contributed by atoms with Crippen molar-refractivity contribution in [2.45, 2.75) is 13.0 Å². The standard InChI is InChI=1S/C7H10O6S/c1-5(2)7(8)13-14(9,10)12-4-6-3-11-6/h6H,1,3-4H2,2H3. The fourth-order valence-electron chi connectivity index (χ4n) is 0.511. The molecule has 1 fully saturated rings. The summed E-state index contributed by atoms with van der Waals surface area (Å²) in [6.07, 6.45) is -0.215. The molecule has 14 heavy (non-hydrogen) atoms. The summed E-state index contributed by atoms with van der Waals surface area (Å²) in [6.45, 7) is 4.89. The number of ether oxygens (including phenoxy) is 1. The van der Waals surface area contributed by atoms with Crippen molar-refractivity contribution >= 4 is 16.4 Å². The van der Waals surface area contributed by atoms with Gasteiger partial charge < -0.3 is 8.92 Å². The lowest BCUT2D eigenvalue weighted by Crippen LogP contribution is -2.18. The molecular formula is C7H10O6S. The monoisotopic (exact) mass is 222 g/mol. The van der Waals surface area contributed by atoms with Crippen LogP contribution < -0.4 is 0 Å². The predicted octanol–water partition coefficient (Wildman–Crippen LogP) is -0.234. The second kappa shape index (κ2) is 4.07. The van der Waals surface area contributed by atoms with Gasteiger partial charge >= 0.3 is 16.4 Å². The number of carbonyl (C=O) groups is 1. The van der Waals surface area contributed by atoms with Crippen LogP contribution in [0.4, 0.5) is 0 Å². The van der Waals surface area contributed by atoms with Crippen molar-refractivity contribution in [2.24, 2.45) is 0 Å². The molecule has 0 radical (unpaired) electrons. The maximum Gasteiger partial charge on any atom is 0.451 e. The van der Waals surface area contributed by atoms with Crippen molar-refractivity contribution < 1.29 is 26.3 Å². The Labute approximate surface area is 81.8 Å². The van der Waals surface area contributed by atoms with E-state index in [0.29, 0.717) is 6.61 Å². The number of hydrogen-bond acceptors (Lipinski definition) is 6. The maximum atomic E-state index is 10.9. The third-order valence-corrected chi connectivity index (χ3v) is 2.11. The third-order valence-electron chi connectivity index (χ3n) is 1.33. The molecule has 0 aromatic carbocycles. The van der Waals surface area contributed by atoms with Crippen LogP contribution in [-0.2, 0) is 28.3 Å². The minimum Gasteiger partial charge on any atom is -0.371 e. The molecule has 80 valence electrons. The first-order chi connectivity index (χ1) is 6.41. The van der Waals surface area contributed by atoms with Gasteiger partial charge in [0.2, 0.25) is 0 Å². The zero-order valence-electron chi connectivity index (χ0n) is 7.56. The molecule has 0 N–H and O–H groups in total. The van der Waals surface area contributed by atoms with Crippen molar-refractivity contribution in [1.29, 1.82) is 0 Å². The molecule has 1 unspecified atom stereocenters. The van der Waals surface area contributed by atoms with E-state index < -0.39 is 16.4 Å². The fourth-order valence-corrected chi connectivity index (χ4v) is 1.21. The fraction of sp³-hybridized carbons (Fsp3) is 0.571. The highest BCUT2D eigenvalue weighted by atomic mass is 32.3. The number of carbonyl (C=O) groups excluding carboxylic acids is 1. The van der Waals surface area contributed by atoms with Crippen molar-refractivity contribution in [3.05, 3.63) is 12.2 Å². The molecule has 0 aromatic heterocycles. The molecule has 0 aliphatic carbocycles. The Hall–Kier alpha value is -0.920. The maximum absolute atomic E-state index is 10.9. The summed E-state index contributed by atoms with van der Waals surface area (Å²) >= 11 is 0. The highest BCUT2D eigenvalue weighted by Crippen LogP contribution is 2.11. The first-order valence-corrected chi connectivity index (χ1v) is 5.14. The minimum atomic E-state index is -4.27. The molecule has 0 amide bonds. The van der Waals surface area contributed by atoms with Crippen LogP contribution in [0.1, 0.15) is 6.92 Å². The van der Waals surface area contributed by atoms with Gasteiger partial charge in [0, 0.05) is 5.57 Å². The first kappa shape index (κ1) is 11.2. The molecule has 1 saturated heterocycles. The molecule has 1 rings (SSSR count). The van der Waals surface area contributed by atoms with E-state index in [0.717, 1.165) is 0 Å². The van der Waals surface area contributed by atoms with Crippen LogP contribution in [0.2, 0.25) is 0 Å². The second-order valence-corrected chi connectivity index (χ2v) is 4.02. The summed E-state index contributed by atoms with van der Waals surface area (Å²) in [5.41, 5.74) is -0.0140. The minimum absolute atomic E-state index is 0.0140. The average Bonchev–Trinajstić information content (AvgIpc) is 2.82. The Morgan fingerprint density at radius 1 is 1.64 bits per heavy atom. The lowest BCUT2D eigenvalue weighted by molar-refractivity contribution is -0.130. The molecule has 0 aromatic rings. The van der Waals surface area contributed by atoms with E-state index in [9.17, 15) is 13.2 Å². The van der Waals surface area contributed by atoms with Gasteiger partial charge in [0.05, 0.1) is 13.2 Å². The van der Waals surface area contributed by atoms with Gasteiger partial charge in [-0.1, -0.05) is 6.58 Å². The van der Waals surface area contributed by atoms with Gasteiger partial charge in [-0.2, -0.15) is 8.42 Å². The molecule has 6 nitrogen and oxygen atoms in total. The largest absolute Gasteiger partial charge is 0.451 e. The normalized spacial score (nSPS) is 20.2. The number of rotatable bonds is 5. The Kier molecular flexibility index (Phi) is 3.25. The van der Waals surface area contributed by atoms with Crippen molar-refractivity contribution in [1.82, 2.24) is 0 Å². The average molecular weight is 222 g/mol. The van der Waals surface area contributed by atoms with Gasteiger partial charge in [0.15, 0.2) is 0 Å². The summed E-state index contributed by atoms with van der Waals surface area (Å²) in [4.78, 5) is 10.8. The molecular weight excluding hydrogens is 212 g/mol. The molecule has 0 bridgehead atoms. The van der Waals surface area contributed by atoms with E-state index >= 15 is 0 Å². The first-order valence-electron chi connectivity index (χ1n) is 3.81. The van der Waals surface area contributed by atoms with Gasteiger partial charge in [0.1, 0.15) is 6.10 Å². The Morgan fingerprint density at radius 2 is 2.21 bits per heavy atom. The van der Waals surface area contributed by atoms with Gasteiger partial charge in [-0.05, 0) is 6.92 Å². The summed E-state index contributed by atoms with van der Waals surface area (Å²) in [5.74, 6) is -1.03. The van der Waals surface area contributed by atoms with Crippen LogP contribution in [0.25, 0.3) is 0 Å². The number of hydrogen-bond donors (Lipinski definition) is 0. The van der Waals surface area contributed by atoms with E-state index in [-0.39, 0.29) is 18.3 Å². The Morgan fingerprint density at radius 3 is 2.64 bits per heavy atom. The van der Waals surface area contributed by atoms with Crippen molar-refractivity contribution in [2.75, 3.05) is 13.2 Å². The second-order valence-electron chi connectivity index (χ2n) is 2.80. The molecule has 7 heteroatoms. The van der Waals surface area contributed by atoms with Crippen LogP contribution in [0.15, 0.2) is 12.2 Å². The molecule has 0 spiro atoms.